The van der Waals surface area contributed by atoms with Crippen molar-refractivity contribution in [1.82, 2.24) is 0 Å². The van der Waals surface area contributed by atoms with Crippen LogP contribution in [0.3, 0.4) is 0 Å². The molecule has 0 amide bonds. The number of halogens is 1. The Hall–Kier alpha value is -1.57. The highest BCUT2D eigenvalue weighted by Gasteiger charge is 2.07. The van der Waals surface area contributed by atoms with Crippen molar-refractivity contribution in [3.8, 4) is 5.75 Å². The summed E-state index contributed by atoms with van der Waals surface area (Å²) in [7, 11) is 1.60. The first-order valence-electron chi connectivity index (χ1n) is 4.46. The van der Waals surface area contributed by atoms with Crippen molar-refractivity contribution in [3.63, 3.8) is 0 Å². The molecule has 0 aliphatic rings. The summed E-state index contributed by atoms with van der Waals surface area (Å²) < 4.78 is 18.6. The lowest BCUT2D eigenvalue weighted by Crippen LogP contribution is -1.89. The van der Waals surface area contributed by atoms with Crippen molar-refractivity contribution in [2.45, 2.75) is 6.92 Å². The Labute approximate surface area is 82.1 Å². The SMILES string of the molecule is COc1cccc2c(F)ccc(C)c12. The molecule has 2 rings (SSSR count). The normalized spacial score (nSPS) is 10.5. The van der Waals surface area contributed by atoms with Crippen LogP contribution in [-0.2, 0) is 0 Å². The lowest BCUT2D eigenvalue weighted by atomic mass is 10.0. The highest BCUT2D eigenvalue weighted by atomic mass is 19.1. The van der Waals surface area contributed by atoms with Crippen molar-refractivity contribution >= 4 is 10.8 Å². The second-order valence-electron chi connectivity index (χ2n) is 3.25. The maximum absolute atomic E-state index is 13.4. The number of hydrogen-bond acceptors (Lipinski definition) is 1. The number of fused-ring (bicyclic) bond motifs is 1. The standard InChI is InChI=1S/C12H11FO/c1-8-6-7-10(13)9-4-3-5-11(14-2)12(8)9/h3-7H,1-2H3. The van der Waals surface area contributed by atoms with Gasteiger partial charge in [0, 0.05) is 10.8 Å². The van der Waals surface area contributed by atoms with Gasteiger partial charge in [-0.15, -0.1) is 0 Å². The topological polar surface area (TPSA) is 9.23 Å². The minimum Gasteiger partial charge on any atom is -0.496 e. The number of hydrogen-bond donors (Lipinski definition) is 0. The largest absolute Gasteiger partial charge is 0.496 e. The summed E-state index contributed by atoms with van der Waals surface area (Å²) >= 11 is 0. The zero-order chi connectivity index (χ0) is 10.1. The van der Waals surface area contributed by atoms with Gasteiger partial charge in [-0.05, 0) is 24.6 Å². The van der Waals surface area contributed by atoms with Crippen molar-refractivity contribution in [1.29, 1.82) is 0 Å². The summed E-state index contributed by atoms with van der Waals surface area (Å²) in [6.45, 7) is 1.95. The van der Waals surface area contributed by atoms with Gasteiger partial charge in [0.2, 0.25) is 0 Å². The van der Waals surface area contributed by atoms with Gasteiger partial charge in [-0.3, -0.25) is 0 Å². The summed E-state index contributed by atoms with van der Waals surface area (Å²) in [5.74, 6) is 0.518. The van der Waals surface area contributed by atoms with Crippen molar-refractivity contribution in [2.24, 2.45) is 0 Å². The minimum atomic E-state index is -0.204. The third-order valence-corrected chi connectivity index (χ3v) is 2.38. The Morgan fingerprint density at radius 2 is 1.93 bits per heavy atom. The van der Waals surface area contributed by atoms with Crippen LogP contribution in [0.25, 0.3) is 10.8 Å². The number of ether oxygens (including phenoxy) is 1. The van der Waals surface area contributed by atoms with Crippen LogP contribution in [0.2, 0.25) is 0 Å². The van der Waals surface area contributed by atoms with Crippen molar-refractivity contribution in [3.05, 3.63) is 41.7 Å². The third-order valence-electron chi connectivity index (χ3n) is 2.38. The maximum Gasteiger partial charge on any atom is 0.131 e. The molecule has 2 aromatic rings. The highest BCUT2D eigenvalue weighted by molar-refractivity contribution is 5.91. The zero-order valence-electron chi connectivity index (χ0n) is 8.17. The number of benzene rings is 2. The molecule has 0 spiro atoms. The van der Waals surface area contributed by atoms with Crippen LogP contribution in [0.15, 0.2) is 30.3 Å². The Balaban J connectivity index is 2.92. The number of aryl methyl sites for hydroxylation is 1. The smallest absolute Gasteiger partial charge is 0.131 e. The fourth-order valence-corrected chi connectivity index (χ4v) is 1.68. The van der Waals surface area contributed by atoms with Crippen LogP contribution in [0, 0.1) is 12.7 Å². The molecule has 0 aliphatic heterocycles. The predicted molar refractivity (Wildman–Crippen MR) is 55.2 cm³/mol. The van der Waals surface area contributed by atoms with Crippen molar-refractivity contribution in [2.75, 3.05) is 7.11 Å². The minimum absolute atomic E-state index is 0.204. The second-order valence-corrected chi connectivity index (χ2v) is 3.25. The van der Waals surface area contributed by atoms with E-state index in [0.717, 1.165) is 16.7 Å². The van der Waals surface area contributed by atoms with E-state index in [1.165, 1.54) is 6.07 Å². The molecule has 0 saturated heterocycles. The first-order valence-corrected chi connectivity index (χ1v) is 4.46. The summed E-state index contributed by atoms with van der Waals surface area (Å²) in [6.07, 6.45) is 0. The monoisotopic (exact) mass is 190 g/mol. The number of rotatable bonds is 1. The molecule has 0 saturated carbocycles. The van der Waals surface area contributed by atoms with E-state index in [1.54, 1.807) is 25.3 Å². The molecule has 0 bridgehead atoms. The molecule has 0 unspecified atom stereocenters. The van der Waals surface area contributed by atoms with Gasteiger partial charge in [0.15, 0.2) is 0 Å². The van der Waals surface area contributed by atoms with E-state index >= 15 is 0 Å². The molecule has 0 heterocycles. The fourth-order valence-electron chi connectivity index (χ4n) is 1.68. The molecule has 14 heavy (non-hydrogen) atoms. The van der Waals surface area contributed by atoms with Crippen LogP contribution in [0.5, 0.6) is 5.75 Å². The van der Waals surface area contributed by atoms with Gasteiger partial charge in [0.05, 0.1) is 7.11 Å². The molecular weight excluding hydrogens is 179 g/mol. The van der Waals surface area contributed by atoms with Gasteiger partial charge in [-0.1, -0.05) is 18.2 Å². The summed E-state index contributed by atoms with van der Waals surface area (Å²) in [6, 6.07) is 8.65. The second kappa shape index (κ2) is 3.29. The van der Waals surface area contributed by atoms with E-state index in [2.05, 4.69) is 0 Å². The van der Waals surface area contributed by atoms with Crippen LogP contribution < -0.4 is 4.74 Å². The molecule has 2 aromatic carbocycles. The van der Waals surface area contributed by atoms with Gasteiger partial charge in [0.1, 0.15) is 11.6 Å². The van der Waals surface area contributed by atoms with Crippen LogP contribution in [0.1, 0.15) is 5.56 Å². The summed E-state index contributed by atoms with van der Waals surface area (Å²) in [5, 5.41) is 1.47. The van der Waals surface area contributed by atoms with E-state index < -0.39 is 0 Å². The van der Waals surface area contributed by atoms with Gasteiger partial charge >= 0.3 is 0 Å². The van der Waals surface area contributed by atoms with Gasteiger partial charge in [0.25, 0.3) is 0 Å². The molecule has 0 aliphatic carbocycles. The van der Waals surface area contributed by atoms with Crippen LogP contribution >= 0.6 is 0 Å². The molecule has 0 N–H and O–H groups in total. The molecule has 72 valence electrons. The summed E-state index contributed by atoms with van der Waals surface area (Å²) in [4.78, 5) is 0. The predicted octanol–water partition coefficient (Wildman–Crippen LogP) is 3.30. The maximum atomic E-state index is 13.4. The molecule has 2 heteroatoms. The molecule has 1 nitrogen and oxygen atoms in total. The Morgan fingerprint density at radius 3 is 2.64 bits per heavy atom. The lowest BCUT2D eigenvalue weighted by molar-refractivity contribution is 0.419. The van der Waals surface area contributed by atoms with Gasteiger partial charge in [-0.2, -0.15) is 0 Å². The molecule has 0 atom stereocenters. The Bertz CT molecular complexity index is 477. The average molecular weight is 190 g/mol. The summed E-state index contributed by atoms with van der Waals surface area (Å²) in [5.41, 5.74) is 1.03. The Kier molecular flexibility index (Phi) is 2.12. The fraction of sp³-hybridized carbons (Fsp3) is 0.167. The number of methoxy groups -OCH3 is 1. The van der Waals surface area contributed by atoms with Gasteiger partial charge < -0.3 is 4.74 Å². The molecule has 0 radical (unpaired) electrons. The first kappa shape index (κ1) is 9.00. The van der Waals surface area contributed by atoms with E-state index in [0.29, 0.717) is 5.39 Å². The van der Waals surface area contributed by atoms with Crippen LogP contribution in [0.4, 0.5) is 4.39 Å². The van der Waals surface area contributed by atoms with E-state index in [1.807, 2.05) is 13.0 Å². The van der Waals surface area contributed by atoms with E-state index in [4.69, 9.17) is 4.74 Å². The average Bonchev–Trinajstić information content (AvgIpc) is 2.23. The Morgan fingerprint density at radius 1 is 1.14 bits per heavy atom. The first-order chi connectivity index (χ1) is 6.74. The molecule has 0 aromatic heterocycles. The van der Waals surface area contributed by atoms with Gasteiger partial charge in [-0.25, -0.2) is 4.39 Å². The molecular formula is C12H11FO. The van der Waals surface area contributed by atoms with Crippen LogP contribution in [-0.4, -0.2) is 7.11 Å². The molecule has 0 fully saturated rings. The van der Waals surface area contributed by atoms with E-state index in [-0.39, 0.29) is 5.82 Å². The third kappa shape index (κ3) is 1.23. The van der Waals surface area contributed by atoms with E-state index in [9.17, 15) is 4.39 Å². The zero-order valence-corrected chi connectivity index (χ0v) is 8.17. The lowest BCUT2D eigenvalue weighted by Gasteiger charge is -2.08. The quantitative estimate of drug-likeness (QED) is 0.670. The highest BCUT2D eigenvalue weighted by Crippen LogP contribution is 2.29. The van der Waals surface area contributed by atoms with Crippen molar-refractivity contribution < 1.29 is 9.13 Å².